The van der Waals surface area contributed by atoms with Crippen LogP contribution < -0.4 is 5.32 Å². The van der Waals surface area contributed by atoms with Crippen LogP contribution in [0.25, 0.3) is 0 Å². The second kappa shape index (κ2) is 7.92. The molecule has 0 unspecified atom stereocenters. The van der Waals surface area contributed by atoms with Crippen molar-refractivity contribution in [2.45, 2.75) is 45.1 Å². The van der Waals surface area contributed by atoms with Gasteiger partial charge in [-0.3, -0.25) is 4.79 Å². The third-order valence-electron chi connectivity index (χ3n) is 2.87. The lowest BCUT2D eigenvalue weighted by Crippen LogP contribution is -2.32. The van der Waals surface area contributed by atoms with Crippen LogP contribution in [0.5, 0.6) is 0 Å². The van der Waals surface area contributed by atoms with Gasteiger partial charge in [0.25, 0.3) is 0 Å². The fourth-order valence-electron chi connectivity index (χ4n) is 1.88. The number of aliphatic hydroxyl groups excluding tert-OH is 1. The third-order valence-corrected chi connectivity index (χ3v) is 2.87. The number of carbonyl (C=O) groups excluding carboxylic acids is 2. The van der Waals surface area contributed by atoms with Gasteiger partial charge >= 0.3 is 12.1 Å². The zero-order valence-electron chi connectivity index (χ0n) is 10.7. The maximum atomic E-state index is 11.6. The van der Waals surface area contributed by atoms with E-state index in [0.717, 1.165) is 25.7 Å². The van der Waals surface area contributed by atoms with Crippen LogP contribution in [0.15, 0.2) is 0 Å². The van der Waals surface area contributed by atoms with Crippen molar-refractivity contribution in [2.24, 2.45) is 5.92 Å². The Morgan fingerprint density at radius 1 is 1.28 bits per heavy atom. The predicted octanol–water partition coefficient (Wildman–Crippen LogP) is 1.17. The van der Waals surface area contributed by atoms with Crippen LogP contribution in [0.1, 0.15) is 39.0 Å². The minimum Gasteiger partial charge on any atom is -0.428 e. The van der Waals surface area contributed by atoms with Crippen molar-refractivity contribution in [3.8, 4) is 0 Å². The van der Waals surface area contributed by atoms with Gasteiger partial charge in [0.15, 0.2) is 0 Å². The maximum absolute atomic E-state index is 11.6. The second-order valence-electron chi connectivity index (χ2n) is 4.58. The molecular weight excluding hydrogens is 238 g/mol. The summed E-state index contributed by atoms with van der Waals surface area (Å²) in [5, 5.41) is 11.3. The van der Waals surface area contributed by atoms with E-state index < -0.39 is 12.2 Å². The Morgan fingerprint density at radius 2 is 1.94 bits per heavy atom. The summed E-state index contributed by atoms with van der Waals surface area (Å²) in [4.78, 5) is 22.6. The van der Waals surface area contributed by atoms with Crippen molar-refractivity contribution >= 4 is 12.1 Å². The topological polar surface area (TPSA) is 84.9 Å². The van der Waals surface area contributed by atoms with Crippen LogP contribution in [0.2, 0.25) is 0 Å². The van der Waals surface area contributed by atoms with Crippen molar-refractivity contribution in [1.29, 1.82) is 0 Å². The van der Waals surface area contributed by atoms with E-state index in [4.69, 9.17) is 9.84 Å². The molecule has 6 nitrogen and oxygen atoms in total. The van der Waals surface area contributed by atoms with Crippen molar-refractivity contribution in [1.82, 2.24) is 5.32 Å². The van der Waals surface area contributed by atoms with Crippen molar-refractivity contribution in [3.63, 3.8) is 0 Å². The van der Waals surface area contributed by atoms with Gasteiger partial charge in [0, 0.05) is 6.54 Å². The van der Waals surface area contributed by atoms with E-state index in [1.54, 1.807) is 6.92 Å². The molecule has 1 aliphatic rings. The molecule has 0 aliphatic heterocycles. The van der Waals surface area contributed by atoms with Crippen LogP contribution >= 0.6 is 0 Å². The number of alkyl carbamates (subject to hydrolysis) is 1. The largest absolute Gasteiger partial charge is 0.428 e. The van der Waals surface area contributed by atoms with Gasteiger partial charge in [-0.2, -0.15) is 0 Å². The van der Waals surface area contributed by atoms with E-state index in [2.05, 4.69) is 10.1 Å². The molecule has 0 heterocycles. The average molecular weight is 259 g/mol. The summed E-state index contributed by atoms with van der Waals surface area (Å²) >= 11 is 0. The van der Waals surface area contributed by atoms with Gasteiger partial charge in [0.1, 0.15) is 0 Å². The number of hydrogen-bond donors (Lipinski definition) is 2. The second-order valence-corrected chi connectivity index (χ2v) is 4.58. The van der Waals surface area contributed by atoms with E-state index in [-0.39, 0.29) is 25.2 Å². The highest BCUT2D eigenvalue weighted by Gasteiger charge is 2.22. The Morgan fingerprint density at radius 3 is 2.56 bits per heavy atom. The molecule has 1 rings (SSSR count). The van der Waals surface area contributed by atoms with E-state index in [1.165, 1.54) is 6.42 Å². The average Bonchev–Trinajstić information content (AvgIpc) is 2.37. The minimum absolute atomic E-state index is 0.0529. The molecule has 18 heavy (non-hydrogen) atoms. The van der Waals surface area contributed by atoms with Gasteiger partial charge < -0.3 is 19.9 Å². The first-order valence-corrected chi connectivity index (χ1v) is 6.35. The monoisotopic (exact) mass is 259 g/mol. The molecule has 6 heteroatoms. The molecule has 104 valence electrons. The lowest BCUT2D eigenvalue weighted by molar-refractivity contribution is -0.158. The molecule has 0 radical (unpaired) electrons. The lowest BCUT2D eigenvalue weighted by atomic mass is 9.89. The number of hydrogen-bond acceptors (Lipinski definition) is 5. The van der Waals surface area contributed by atoms with Crippen LogP contribution in [0.4, 0.5) is 4.79 Å². The molecule has 2 N–H and O–H groups in total. The van der Waals surface area contributed by atoms with E-state index >= 15 is 0 Å². The quantitative estimate of drug-likeness (QED) is 0.572. The molecule has 1 fully saturated rings. The van der Waals surface area contributed by atoms with Crippen LogP contribution in [0.3, 0.4) is 0 Å². The molecule has 1 saturated carbocycles. The zero-order valence-corrected chi connectivity index (χ0v) is 10.7. The number of aliphatic hydroxyl groups is 1. The summed E-state index contributed by atoms with van der Waals surface area (Å²) in [6.45, 7) is 1.28. The van der Waals surface area contributed by atoms with Crippen LogP contribution in [-0.2, 0) is 14.3 Å². The van der Waals surface area contributed by atoms with E-state index in [0.29, 0.717) is 0 Å². The smallest absolute Gasteiger partial charge is 0.410 e. The maximum Gasteiger partial charge on any atom is 0.410 e. The van der Waals surface area contributed by atoms with Crippen LogP contribution in [-0.4, -0.2) is 36.6 Å². The number of carbonyl (C=O) groups is 2. The minimum atomic E-state index is -0.702. The zero-order chi connectivity index (χ0) is 13.4. The molecule has 1 amide bonds. The van der Waals surface area contributed by atoms with E-state index in [9.17, 15) is 9.59 Å². The molecule has 0 aromatic rings. The van der Waals surface area contributed by atoms with Gasteiger partial charge in [0.2, 0.25) is 6.79 Å². The summed E-state index contributed by atoms with van der Waals surface area (Å²) in [5.74, 6) is -0.346. The molecular formula is C12H21NO5. The fourth-order valence-corrected chi connectivity index (χ4v) is 1.88. The van der Waals surface area contributed by atoms with E-state index in [1.807, 2.05) is 0 Å². The van der Waals surface area contributed by atoms with Gasteiger partial charge in [-0.05, 0) is 19.8 Å². The van der Waals surface area contributed by atoms with Gasteiger partial charge in [0.05, 0.1) is 12.0 Å². The standard InChI is InChI=1S/C12H21NO5/c1-9(14)7-13-12(16)18-8-17-11(15)10-5-3-2-4-6-10/h9-10,14H,2-8H2,1H3,(H,13,16)/t9-/m1/s1. The number of nitrogens with one attached hydrogen (secondary N) is 1. The summed E-state index contributed by atoms with van der Waals surface area (Å²) in [6, 6.07) is 0. The highest BCUT2D eigenvalue weighted by molar-refractivity contribution is 5.72. The number of ether oxygens (including phenoxy) is 2. The summed E-state index contributed by atoms with van der Waals surface area (Å²) < 4.78 is 9.52. The third kappa shape index (κ3) is 5.86. The van der Waals surface area contributed by atoms with Crippen LogP contribution in [0, 0.1) is 5.92 Å². The molecule has 0 aromatic carbocycles. The van der Waals surface area contributed by atoms with Crippen molar-refractivity contribution in [2.75, 3.05) is 13.3 Å². The number of rotatable bonds is 5. The normalized spacial score (nSPS) is 17.9. The lowest BCUT2D eigenvalue weighted by Gasteiger charge is -2.19. The molecule has 1 atom stereocenters. The fraction of sp³-hybridized carbons (Fsp3) is 0.833. The van der Waals surface area contributed by atoms with Crippen molar-refractivity contribution in [3.05, 3.63) is 0 Å². The highest BCUT2D eigenvalue weighted by Crippen LogP contribution is 2.24. The first kappa shape index (κ1) is 14.8. The van der Waals surface area contributed by atoms with Gasteiger partial charge in [-0.25, -0.2) is 4.79 Å². The highest BCUT2D eigenvalue weighted by atomic mass is 16.7. The molecule has 0 bridgehead atoms. The van der Waals surface area contributed by atoms with Gasteiger partial charge in [-0.1, -0.05) is 19.3 Å². The first-order chi connectivity index (χ1) is 8.59. The summed E-state index contributed by atoms with van der Waals surface area (Å²) in [6.07, 6.45) is 3.64. The number of amides is 1. The summed E-state index contributed by atoms with van der Waals surface area (Å²) in [5.41, 5.74) is 0. The molecule has 0 saturated heterocycles. The Bertz CT molecular complexity index is 274. The molecule has 1 aliphatic carbocycles. The predicted molar refractivity (Wildman–Crippen MR) is 63.7 cm³/mol. The van der Waals surface area contributed by atoms with Crippen molar-refractivity contribution < 1.29 is 24.2 Å². The SMILES string of the molecule is C[C@@H](O)CNC(=O)OCOC(=O)C1CCCCC1. The molecule has 0 aromatic heterocycles. The summed E-state index contributed by atoms with van der Waals surface area (Å²) in [7, 11) is 0. The Kier molecular flexibility index (Phi) is 6.49. The van der Waals surface area contributed by atoms with Gasteiger partial charge in [-0.15, -0.1) is 0 Å². The Hall–Kier alpha value is -1.30. The molecule has 0 spiro atoms. The Balaban J connectivity index is 2.09. The number of esters is 1. The first-order valence-electron chi connectivity index (χ1n) is 6.35. The Labute approximate surface area is 107 Å².